The number of halogens is 4. The molecule has 0 unspecified atom stereocenters. The minimum atomic E-state index is -0.410. The molecule has 1 rings (SSSR count). The normalized spacial score (nSPS) is 10.1. The molecule has 0 aromatic heterocycles. The number of ether oxygens (including phenoxy) is 1. The Bertz CT molecular complexity index is 359. The lowest BCUT2D eigenvalue weighted by atomic mass is 10.3. The van der Waals surface area contributed by atoms with Gasteiger partial charge in [-0.1, -0.05) is 23.2 Å². The Labute approximate surface area is 116 Å². The summed E-state index contributed by atoms with van der Waals surface area (Å²) in [7, 11) is 0. The molecule has 0 aliphatic carbocycles. The molecule has 0 bridgehead atoms. The third-order valence-corrected chi connectivity index (χ3v) is 2.97. The van der Waals surface area contributed by atoms with Crippen LogP contribution in [-0.4, -0.2) is 11.8 Å². The quantitative estimate of drug-likeness (QED) is 0.342. The number of carbonyl (C=O) groups excluding carboxylic acids is 1. The van der Waals surface area contributed by atoms with Crippen molar-refractivity contribution in [3.05, 3.63) is 25.7 Å². The van der Waals surface area contributed by atoms with Crippen molar-refractivity contribution in [1.82, 2.24) is 0 Å². The van der Waals surface area contributed by atoms with Gasteiger partial charge >= 0.3 is 5.97 Å². The maximum absolute atomic E-state index is 11.2. The molecular weight excluding hydrogens is 373 g/mol. The lowest BCUT2D eigenvalue weighted by Crippen LogP contribution is -2.09. The van der Waals surface area contributed by atoms with E-state index in [2.05, 4.69) is 0 Å². The molecule has 0 saturated heterocycles. The highest BCUT2D eigenvalue weighted by atomic mass is 127. The number of benzene rings is 1. The first-order valence-corrected chi connectivity index (χ1v) is 6.32. The van der Waals surface area contributed by atoms with Crippen LogP contribution in [-0.2, 0) is 4.79 Å². The molecule has 0 amide bonds. The lowest BCUT2D eigenvalue weighted by molar-refractivity contribution is -0.133. The summed E-state index contributed by atoms with van der Waals surface area (Å²) in [6.45, 7) is 0. The van der Waals surface area contributed by atoms with Gasteiger partial charge in [-0.15, -0.1) is 11.6 Å². The smallest absolute Gasteiger partial charge is 0.312 e. The predicted octanol–water partition coefficient (Wildman–Crippen LogP) is 4.13. The summed E-state index contributed by atoms with van der Waals surface area (Å²) in [5.41, 5.74) is 0. The Morgan fingerprint density at radius 2 is 2.07 bits per heavy atom. The van der Waals surface area contributed by atoms with Gasteiger partial charge in [-0.05, 0) is 34.7 Å². The van der Waals surface area contributed by atoms with Crippen LogP contribution in [0.25, 0.3) is 0 Å². The van der Waals surface area contributed by atoms with Crippen molar-refractivity contribution in [3.63, 3.8) is 0 Å². The fraction of sp³-hybridized carbons (Fsp3) is 0.222. The van der Waals surface area contributed by atoms with Gasteiger partial charge in [0.1, 0.15) is 0 Å². The van der Waals surface area contributed by atoms with Crippen molar-refractivity contribution in [3.8, 4) is 5.75 Å². The molecule has 0 N–H and O–H groups in total. The van der Waals surface area contributed by atoms with Crippen LogP contribution < -0.4 is 4.74 Å². The highest BCUT2D eigenvalue weighted by Crippen LogP contribution is 2.33. The van der Waals surface area contributed by atoms with Gasteiger partial charge in [0.05, 0.1) is 15.0 Å². The van der Waals surface area contributed by atoms with Crippen LogP contribution in [0.4, 0.5) is 0 Å². The largest absolute Gasteiger partial charge is 0.424 e. The third kappa shape index (κ3) is 3.98. The van der Waals surface area contributed by atoms with E-state index in [9.17, 15) is 4.79 Å². The molecule has 0 saturated carbocycles. The lowest BCUT2D eigenvalue weighted by Gasteiger charge is -2.08. The Morgan fingerprint density at radius 3 is 2.60 bits per heavy atom. The fourth-order valence-electron chi connectivity index (χ4n) is 0.868. The Kier molecular flexibility index (Phi) is 5.46. The summed E-state index contributed by atoms with van der Waals surface area (Å²) in [6, 6.07) is 3.19. The molecule has 0 aliphatic rings. The minimum absolute atomic E-state index is 0.149. The summed E-state index contributed by atoms with van der Waals surface area (Å²) >= 11 is 19.1. The van der Waals surface area contributed by atoms with Gasteiger partial charge < -0.3 is 4.74 Å². The SMILES string of the molecule is O=C(CCCl)Oc1c(Cl)cc(Cl)cc1I. The van der Waals surface area contributed by atoms with Crippen molar-refractivity contribution in [1.29, 1.82) is 0 Å². The van der Waals surface area contributed by atoms with Gasteiger partial charge in [0.25, 0.3) is 0 Å². The molecule has 1 aromatic carbocycles. The number of hydrogen-bond donors (Lipinski definition) is 0. The van der Waals surface area contributed by atoms with Crippen LogP contribution in [0.2, 0.25) is 10.0 Å². The molecule has 6 heteroatoms. The number of alkyl halides is 1. The monoisotopic (exact) mass is 378 g/mol. The van der Waals surface area contributed by atoms with Gasteiger partial charge in [0.2, 0.25) is 0 Å². The van der Waals surface area contributed by atoms with Crippen LogP contribution in [0.3, 0.4) is 0 Å². The standard InChI is InChI=1S/C9H6Cl3IO2/c10-2-1-8(14)15-9-6(12)3-5(11)4-7(9)13/h3-4H,1-2H2. The van der Waals surface area contributed by atoms with Crippen LogP contribution in [0, 0.1) is 3.57 Å². The van der Waals surface area contributed by atoms with E-state index >= 15 is 0 Å². The van der Waals surface area contributed by atoms with E-state index in [0.29, 0.717) is 19.4 Å². The molecule has 0 fully saturated rings. The number of rotatable bonds is 3. The molecule has 0 atom stereocenters. The van der Waals surface area contributed by atoms with Crippen LogP contribution in [0.5, 0.6) is 5.75 Å². The summed E-state index contributed by atoms with van der Waals surface area (Å²) in [5.74, 6) is 0.143. The van der Waals surface area contributed by atoms with Crippen molar-refractivity contribution < 1.29 is 9.53 Å². The number of esters is 1. The maximum Gasteiger partial charge on any atom is 0.312 e. The molecule has 0 radical (unpaired) electrons. The van der Waals surface area contributed by atoms with Crippen LogP contribution in [0.1, 0.15) is 6.42 Å². The van der Waals surface area contributed by atoms with Gasteiger partial charge in [-0.25, -0.2) is 0 Å². The summed E-state index contributed by atoms with van der Waals surface area (Å²) in [5, 5.41) is 0.816. The molecule has 0 heterocycles. The average Bonchev–Trinajstić information content (AvgIpc) is 2.11. The predicted molar refractivity (Wildman–Crippen MR) is 70.2 cm³/mol. The highest BCUT2D eigenvalue weighted by Gasteiger charge is 2.12. The zero-order valence-electron chi connectivity index (χ0n) is 7.40. The second-order valence-corrected chi connectivity index (χ2v) is 5.00. The Hall–Kier alpha value is 0.290. The Morgan fingerprint density at radius 1 is 1.40 bits per heavy atom. The maximum atomic E-state index is 11.2. The zero-order chi connectivity index (χ0) is 11.4. The Balaban J connectivity index is 2.90. The van der Waals surface area contributed by atoms with Crippen LogP contribution >= 0.6 is 57.4 Å². The average molecular weight is 379 g/mol. The summed E-state index contributed by atoms with van der Waals surface area (Å²) < 4.78 is 5.74. The van der Waals surface area contributed by atoms with E-state index in [4.69, 9.17) is 39.5 Å². The molecule has 2 nitrogen and oxygen atoms in total. The third-order valence-electron chi connectivity index (χ3n) is 1.48. The van der Waals surface area contributed by atoms with E-state index in [1.807, 2.05) is 22.6 Å². The van der Waals surface area contributed by atoms with Gasteiger partial charge in [0, 0.05) is 10.9 Å². The topological polar surface area (TPSA) is 26.3 Å². The minimum Gasteiger partial charge on any atom is -0.424 e. The molecular formula is C9H6Cl3IO2. The van der Waals surface area contributed by atoms with Crippen molar-refractivity contribution in [2.24, 2.45) is 0 Å². The molecule has 15 heavy (non-hydrogen) atoms. The fourth-order valence-corrected chi connectivity index (χ4v) is 2.63. The van der Waals surface area contributed by atoms with Crippen LogP contribution in [0.15, 0.2) is 12.1 Å². The number of hydrogen-bond acceptors (Lipinski definition) is 2. The van der Waals surface area contributed by atoms with Crippen molar-refractivity contribution in [2.75, 3.05) is 5.88 Å². The van der Waals surface area contributed by atoms with E-state index in [-0.39, 0.29) is 12.3 Å². The second kappa shape index (κ2) is 6.13. The van der Waals surface area contributed by atoms with Gasteiger partial charge in [-0.3, -0.25) is 4.79 Å². The van der Waals surface area contributed by atoms with E-state index in [1.54, 1.807) is 6.07 Å². The van der Waals surface area contributed by atoms with Crippen molar-refractivity contribution >= 4 is 63.4 Å². The van der Waals surface area contributed by atoms with Gasteiger partial charge in [-0.2, -0.15) is 0 Å². The highest BCUT2D eigenvalue weighted by molar-refractivity contribution is 14.1. The first-order valence-electron chi connectivity index (χ1n) is 3.95. The molecule has 82 valence electrons. The van der Waals surface area contributed by atoms with Gasteiger partial charge in [0.15, 0.2) is 5.75 Å². The first-order chi connectivity index (χ1) is 7.04. The van der Waals surface area contributed by atoms with E-state index in [0.717, 1.165) is 0 Å². The van der Waals surface area contributed by atoms with Crippen molar-refractivity contribution in [2.45, 2.75) is 6.42 Å². The first kappa shape index (κ1) is 13.4. The molecule has 1 aromatic rings. The van der Waals surface area contributed by atoms with E-state index < -0.39 is 5.97 Å². The van der Waals surface area contributed by atoms with E-state index in [1.165, 1.54) is 6.07 Å². The summed E-state index contributed by atoms with van der Waals surface area (Å²) in [4.78, 5) is 11.2. The second-order valence-electron chi connectivity index (χ2n) is 2.61. The molecule has 0 aliphatic heterocycles. The zero-order valence-corrected chi connectivity index (χ0v) is 11.8. The molecule has 0 spiro atoms. The number of carbonyl (C=O) groups is 1. The summed E-state index contributed by atoms with van der Waals surface area (Å²) in [6.07, 6.45) is 0.149.